The fraction of sp³-hybridized carbons (Fsp3) is 0.250. The van der Waals surface area contributed by atoms with Gasteiger partial charge in [0, 0.05) is 22.8 Å². The molecule has 1 saturated heterocycles. The summed E-state index contributed by atoms with van der Waals surface area (Å²) in [6.45, 7) is 3.97. The van der Waals surface area contributed by atoms with Crippen molar-refractivity contribution in [2.75, 3.05) is 6.61 Å². The number of fused-ring (bicyclic) bond motifs is 5. The molecule has 0 bridgehead atoms. The van der Waals surface area contributed by atoms with E-state index in [0.717, 1.165) is 33.1 Å². The summed E-state index contributed by atoms with van der Waals surface area (Å²) in [4.78, 5) is 37.6. The highest BCUT2D eigenvalue weighted by molar-refractivity contribution is 6.33. The number of rotatable bonds is 3. The number of aromatic nitrogens is 1. The molecule has 2 aliphatic heterocycles. The van der Waals surface area contributed by atoms with Crippen molar-refractivity contribution in [3.05, 3.63) is 75.7 Å². The molecule has 2 aliphatic rings. The Bertz CT molecular complexity index is 1660. The van der Waals surface area contributed by atoms with Gasteiger partial charge in [-0.1, -0.05) is 47.6 Å². The Kier molecular flexibility index (Phi) is 4.99. The van der Waals surface area contributed by atoms with Crippen molar-refractivity contribution in [1.29, 1.82) is 5.26 Å². The molecule has 8 nitrogen and oxygen atoms in total. The third kappa shape index (κ3) is 2.96. The molecule has 0 radical (unpaired) electrons. The zero-order valence-electron chi connectivity index (χ0n) is 19.7. The minimum Gasteiger partial charge on any atom is -0.356 e. The number of nitrogens with one attached hydrogen (secondary N) is 1. The molecule has 3 heterocycles. The molecule has 0 spiro atoms. The smallest absolute Gasteiger partial charge is 0.259 e. The van der Waals surface area contributed by atoms with Crippen molar-refractivity contribution in [3.63, 3.8) is 0 Å². The first kappa shape index (κ1) is 22.1. The number of nitriles is 1. The van der Waals surface area contributed by atoms with Crippen molar-refractivity contribution >= 4 is 33.6 Å². The molecule has 1 N–H and O–H groups in total. The molecule has 36 heavy (non-hydrogen) atoms. The molecular formula is C28H22N4O4. The Morgan fingerprint density at radius 3 is 2.50 bits per heavy atom. The lowest BCUT2D eigenvalue weighted by Crippen LogP contribution is -2.34. The van der Waals surface area contributed by atoms with Gasteiger partial charge in [0.2, 0.25) is 0 Å². The van der Waals surface area contributed by atoms with Crippen LogP contribution in [0.15, 0.2) is 53.7 Å². The van der Waals surface area contributed by atoms with E-state index < -0.39 is 30.0 Å². The number of hydrogen-bond acceptors (Lipinski definition) is 6. The van der Waals surface area contributed by atoms with Crippen LogP contribution in [0.3, 0.4) is 0 Å². The van der Waals surface area contributed by atoms with Crippen LogP contribution in [-0.4, -0.2) is 29.0 Å². The maximum Gasteiger partial charge on any atom is 0.259 e. The number of benzene rings is 3. The Morgan fingerprint density at radius 2 is 1.75 bits per heavy atom. The summed E-state index contributed by atoms with van der Waals surface area (Å²) in [6, 6.07) is 16.9. The average Bonchev–Trinajstić information content (AvgIpc) is 3.38. The predicted octanol–water partition coefficient (Wildman–Crippen LogP) is 5.16. The van der Waals surface area contributed by atoms with Gasteiger partial charge in [-0.2, -0.15) is 10.2 Å². The molecule has 0 saturated carbocycles. The molecule has 2 amide bonds. The van der Waals surface area contributed by atoms with E-state index in [-0.39, 0.29) is 13.0 Å². The first-order valence-electron chi connectivity index (χ1n) is 11.8. The zero-order valence-corrected chi connectivity index (χ0v) is 19.7. The van der Waals surface area contributed by atoms with Gasteiger partial charge < -0.3 is 9.30 Å². The van der Waals surface area contributed by atoms with Gasteiger partial charge in [-0.25, -0.2) is 0 Å². The Balaban J connectivity index is 1.75. The van der Waals surface area contributed by atoms with E-state index in [0.29, 0.717) is 22.1 Å². The number of amides is 2. The summed E-state index contributed by atoms with van der Waals surface area (Å²) in [6.07, 6.45) is -0.265. The number of imide groups is 1. The van der Waals surface area contributed by atoms with Crippen molar-refractivity contribution in [2.24, 2.45) is 11.1 Å². The first-order chi connectivity index (χ1) is 17.5. The van der Waals surface area contributed by atoms with E-state index >= 15 is 0 Å². The normalized spacial score (nSPS) is 21.4. The van der Waals surface area contributed by atoms with Crippen LogP contribution in [0, 0.1) is 36.0 Å². The summed E-state index contributed by atoms with van der Waals surface area (Å²) in [5.74, 6) is -1.43. The molecule has 1 fully saturated rings. The third-order valence-corrected chi connectivity index (χ3v) is 7.46. The summed E-state index contributed by atoms with van der Waals surface area (Å²) in [5, 5.41) is 16.8. The van der Waals surface area contributed by atoms with Gasteiger partial charge >= 0.3 is 0 Å². The second-order valence-corrected chi connectivity index (χ2v) is 9.39. The van der Waals surface area contributed by atoms with Gasteiger partial charge in [0.25, 0.3) is 11.8 Å². The monoisotopic (exact) mass is 478 g/mol. The van der Waals surface area contributed by atoms with Crippen LogP contribution in [0.4, 0.5) is 0 Å². The molecule has 0 aliphatic carbocycles. The molecule has 178 valence electrons. The van der Waals surface area contributed by atoms with Crippen LogP contribution < -0.4 is 5.32 Å². The standard InChI is InChI=1S/C28H22N4O4/c1-14-7-3-4-8-17(14)22-15(2)26-23(25-24(22)27(33)30-28(25)34)18-9-5-6-10-20(18)32(26)21-11-16(12-29)19(31-35)13-36-21/h3-10,16,19,21H,11,13H2,1-2H3,(H,30,33,34)/t16-,19-,21+/m0/s1. The van der Waals surface area contributed by atoms with Gasteiger partial charge in [-0.3, -0.25) is 14.9 Å². The van der Waals surface area contributed by atoms with Crippen LogP contribution in [0.2, 0.25) is 0 Å². The molecule has 6 rings (SSSR count). The summed E-state index contributed by atoms with van der Waals surface area (Å²) >= 11 is 0. The van der Waals surface area contributed by atoms with Crippen molar-refractivity contribution in [2.45, 2.75) is 32.5 Å². The van der Waals surface area contributed by atoms with Crippen LogP contribution in [0.5, 0.6) is 0 Å². The molecular weight excluding hydrogens is 456 g/mol. The Labute approximate surface area is 206 Å². The van der Waals surface area contributed by atoms with Crippen LogP contribution in [-0.2, 0) is 4.74 Å². The lowest BCUT2D eigenvalue weighted by molar-refractivity contribution is -0.0493. The van der Waals surface area contributed by atoms with Crippen LogP contribution in [0.25, 0.3) is 32.9 Å². The van der Waals surface area contributed by atoms with Gasteiger partial charge in [0.15, 0.2) is 0 Å². The maximum atomic E-state index is 13.2. The number of ether oxygens (including phenoxy) is 1. The highest BCUT2D eigenvalue weighted by Gasteiger charge is 2.39. The topological polar surface area (TPSA) is 114 Å². The van der Waals surface area contributed by atoms with Gasteiger partial charge in [0.05, 0.1) is 40.8 Å². The van der Waals surface area contributed by atoms with Crippen LogP contribution in [0.1, 0.15) is 44.5 Å². The number of para-hydroxylation sites is 1. The number of nitrogens with zero attached hydrogens (tertiary/aromatic N) is 3. The third-order valence-electron chi connectivity index (χ3n) is 7.46. The number of aryl methyl sites for hydroxylation is 2. The van der Waals surface area contributed by atoms with Crippen molar-refractivity contribution < 1.29 is 14.3 Å². The zero-order chi connectivity index (χ0) is 25.1. The fourth-order valence-electron chi connectivity index (χ4n) is 5.80. The average molecular weight is 479 g/mol. The van der Waals surface area contributed by atoms with E-state index in [2.05, 4.69) is 16.6 Å². The highest BCUT2D eigenvalue weighted by atomic mass is 16.5. The Hall–Kier alpha value is -4.35. The van der Waals surface area contributed by atoms with Gasteiger partial charge in [-0.05, 0) is 36.6 Å². The number of hydrogen-bond donors (Lipinski definition) is 1. The van der Waals surface area contributed by atoms with E-state index in [4.69, 9.17) is 4.74 Å². The van der Waals surface area contributed by atoms with E-state index in [1.165, 1.54) is 0 Å². The van der Waals surface area contributed by atoms with Crippen molar-refractivity contribution in [3.8, 4) is 17.2 Å². The highest BCUT2D eigenvalue weighted by Crippen LogP contribution is 2.46. The second-order valence-electron chi connectivity index (χ2n) is 9.39. The molecule has 0 unspecified atom stereocenters. The summed E-state index contributed by atoms with van der Waals surface area (Å²) in [5.41, 5.74) is 5.74. The number of carbonyl (C=O) groups excluding carboxylic acids is 2. The predicted molar refractivity (Wildman–Crippen MR) is 134 cm³/mol. The number of carbonyl (C=O) groups is 2. The summed E-state index contributed by atoms with van der Waals surface area (Å²) in [7, 11) is 0. The minimum absolute atomic E-state index is 0.0357. The largest absolute Gasteiger partial charge is 0.356 e. The van der Waals surface area contributed by atoms with E-state index in [1.807, 2.05) is 66.9 Å². The lowest BCUT2D eigenvalue weighted by Gasteiger charge is -2.31. The lowest BCUT2D eigenvalue weighted by atomic mass is 9.87. The first-order valence-corrected chi connectivity index (χ1v) is 11.8. The fourth-order valence-corrected chi connectivity index (χ4v) is 5.80. The number of nitroso groups, excluding NO2 is 1. The maximum absolute atomic E-state index is 13.2. The SMILES string of the molecule is Cc1ccccc1-c1c2c(c3c4ccccc4n([C@H]4C[C@@H](C#N)[C@@H](N=O)CO4)c3c1C)C(=O)NC2=O. The summed E-state index contributed by atoms with van der Waals surface area (Å²) < 4.78 is 8.13. The van der Waals surface area contributed by atoms with E-state index in [1.54, 1.807) is 0 Å². The van der Waals surface area contributed by atoms with E-state index in [9.17, 15) is 19.8 Å². The molecule has 3 atom stereocenters. The van der Waals surface area contributed by atoms with Gasteiger partial charge in [0.1, 0.15) is 12.3 Å². The Morgan fingerprint density at radius 1 is 1.03 bits per heavy atom. The minimum atomic E-state index is -0.726. The second kappa shape index (κ2) is 8.11. The van der Waals surface area contributed by atoms with Crippen LogP contribution >= 0.6 is 0 Å². The quantitative estimate of drug-likeness (QED) is 0.323. The molecule has 1 aromatic heterocycles. The molecule has 3 aromatic carbocycles. The molecule has 4 aromatic rings. The van der Waals surface area contributed by atoms with Crippen molar-refractivity contribution in [1.82, 2.24) is 9.88 Å². The molecule has 8 heteroatoms. The van der Waals surface area contributed by atoms with Gasteiger partial charge in [-0.15, -0.1) is 0 Å².